The van der Waals surface area contributed by atoms with E-state index in [1.807, 2.05) is 18.2 Å². The fourth-order valence-corrected chi connectivity index (χ4v) is 3.89. The fraction of sp³-hybridized carbons (Fsp3) is 0.500. The van der Waals surface area contributed by atoms with Crippen molar-refractivity contribution < 1.29 is 0 Å². The number of benzene rings is 1. The van der Waals surface area contributed by atoms with Crippen molar-refractivity contribution >= 4 is 38.3 Å². The van der Waals surface area contributed by atoms with Crippen LogP contribution in [0.4, 0.5) is 5.13 Å². The molecular weight excluding hydrogens is 264 g/mol. The van der Waals surface area contributed by atoms with Crippen LogP contribution in [0.5, 0.6) is 0 Å². The summed E-state index contributed by atoms with van der Waals surface area (Å²) in [7, 11) is 0. The zero-order chi connectivity index (χ0) is 12.7. The lowest BCUT2D eigenvalue weighted by atomic mass is 9.98. The summed E-state index contributed by atoms with van der Waals surface area (Å²) >= 11 is 7.69. The van der Waals surface area contributed by atoms with Gasteiger partial charge in [0, 0.05) is 11.1 Å². The maximum Gasteiger partial charge on any atom is 0.184 e. The molecule has 3 unspecified atom stereocenters. The van der Waals surface area contributed by atoms with Crippen LogP contribution < -0.4 is 5.32 Å². The highest BCUT2D eigenvalue weighted by molar-refractivity contribution is 7.22. The highest BCUT2D eigenvalue weighted by Crippen LogP contribution is 2.35. The van der Waals surface area contributed by atoms with E-state index >= 15 is 0 Å². The van der Waals surface area contributed by atoms with E-state index in [4.69, 9.17) is 11.6 Å². The lowest BCUT2D eigenvalue weighted by Gasteiger charge is -2.18. The summed E-state index contributed by atoms with van der Waals surface area (Å²) in [6.45, 7) is 4.67. The van der Waals surface area contributed by atoms with Gasteiger partial charge in [0.1, 0.15) is 0 Å². The van der Waals surface area contributed by atoms with Gasteiger partial charge in [-0.2, -0.15) is 0 Å². The Hall–Kier alpha value is -0.800. The molecule has 3 rings (SSSR count). The van der Waals surface area contributed by atoms with Gasteiger partial charge >= 0.3 is 0 Å². The standard InChI is InChI=1S/C14H17ClN2S/c1-8-3-5-11(9(8)2)16-14-17-12-6-4-10(15)7-13(12)18-14/h4,6-9,11H,3,5H2,1-2H3,(H,16,17). The Labute approximate surface area is 116 Å². The van der Waals surface area contributed by atoms with Crippen LogP contribution in [-0.2, 0) is 0 Å². The van der Waals surface area contributed by atoms with Crippen molar-refractivity contribution in [1.29, 1.82) is 0 Å². The molecule has 0 amide bonds. The van der Waals surface area contributed by atoms with E-state index in [-0.39, 0.29) is 0 Å². The van der Waals surface area contributed by atoms with Crippen molar-refractivity contribution in [1.82, 2.24) is 4.98 Å². The number of nitrogens with zero attached hydrogens (tertiary/aromatic N) is 1. The predicted molar refractivity (Wildman–Crippen MR) is 79.6 cm³/mol. The van der Waals surface area contributed by atoms with E-state index in [9.17, 15) is 0 Å². The quantitative estimate of drug-likeness (QED) is 0.855. The Morgan fingerprint density at radius 2 is 2.17 bits per heavy atom. The number of thiazole rings is 1. The predicted octanol–water partition coefficient (Wildman–Crippen LogP) is 4.80. The van der Waals surface area contributed by atoms with Gasteiger partial charge in [-0.1, -0.05) is 36.8 Å². The van der Waals surface area contributed by atoms with Gasteiger partial charge in [-0.05, 0) is 42.9 Å². The zero-order valence-corrected chi connectivity index (χ0v) is 12.2. The van der Waals surface area contributed by atoms with E-state index in [1.54, 1.807) is 11.3 Å². The van der Waals surface area contributed by atoms with Gasteiger partial charge in [0.05, 0.1) is 10.2 Å². The molecule has 1 saturated carbocycles. The Balaban J connectivity index is 1.83. The van der Waals surface area contributed by atoms with Gasteiger partial charge in [0.15, 0.2) is 5.13 Å². The van der Waals surface area contributed by atoms with E-state index in [0.29, 0.717) is 6.04 Å². The number of rotatable bonds is 2. The van der Waals surface area contributed by atoms with Crippen LogP contribution in [0.3, 0.4) is 0 Å². The second-order valence-corrected chi connectivity index (χ2v) is 6.76. The van der Waals surface area contributed by atoms with Crippen molar-refractivity contribution in [2.45, 2.75) is 32.7 Å². The lowest BCUT2D eigenvalue weighted by molar-refractivity contribution is 0.435. The molecule has 0 spiro atoms. The molecule has 96 valence electrons. The average Bonchev–Trinajstić information content (AvgIpc) is 2.86. The molecule has 0 radical (unpaired) electrons. The highest BCUT2D eigenvalue weighted by atomic mass is 35.5. The summed E-state index contributed by atoms with van der Waals surface area (Å²) in [5.74, 6) is 1.53. The third-order valence-electron chi connectivity index (χ3n) is 4.12. The van der Waals surface area contributed by atoms with Gasteiger partial charge in [-0.25, -0.2) is 4.98 Å². The number of hydrogen-bond donors (Lipinski definition) is 1. The minimum atomic E-state index is 0.566. The minimum absolute atomic E-state index is 0.566. The van der Waals surface area contributed by atoms with Gasteiger partial charge < -0.3 is 5.32 Å². The Kier molecular flexibility index (Phi) is 3.20. The lowest BCUT2D eigenvalue weighted by Crippen LogP contribution is -2.23. The van der Waals surface area contributed by atoms with Crippen LogP contribution in [0.1, 0.15) is 26.7 Å². The first kappa shape index (κ1) is 12.2. The van der Waals surface area contributed by atoms with E-state index in [0.717, 1.165) is 32.2 Å². The first-order chi connectivity index (χ1) is 8.63. The molecule has 3 atom stereocenters. The third kappa shape index (κ3) is 2.21. The first-order valence-electron chi connectivity index (χ1n) is 6.46. The summed E-state index contributed by atoms with van der Waals surface area (Å²) in [6, 6.07) is 6.43. The van der Waals surface area contributed by atoms with E-state index < -0.39 is 0 Å². The molecule has 0 bridgehead atoms. The number of hydrogen-bond acceptors (Lipinski definition) is 3. The maximum atomic E-state index is 6.00. The monoisotopic (exact) mass is 280 g/mol. The maximum absolute atomic E-state index is 6.00. The molecule has 18 heavy (non-hydrogen) atoms. The summed E-state index contributed by atoms with van der Waals surface area (Å²) < 4.78 is 1.16. The van der Waals surface area contributed by atoms with E-state index in [2.05, 4.69) is 24.1 Å². The largest absolute Gasteiger partial charge is 0.358 e. The summed E-state index contributed by atoms with van der Waals surface area (Å²) in [6.07, 6.45) is 2.56. The van der Waals surface area contributed by atoms with Crippen LogP contribution in [0.2, 0.25) is 5.02 Å². The van der Waals surface area contributed by atoms with Crippen molar-refractivity contribution in [3.05, 3.63) is 23.2 Å². The van der Waals surface area contributed by atoms with Crippen LogP contribution in [0.15, 0.2) is 18.2 Å². The van der Waals surface area contributed by atoms with Crippen molar-refractivity contribution in [3.63, 3.8) is 0 Å². The van der Waals surface area contributed by atoms with Gasteiger partial charge in [-0.3, -0.25) is 0 Å². The summed E-state index contributed by atoms with van der Waals surface area (Å²) in [5, 5.41) is 5.40. The Morgan fingerprint density at radius 3 is 2.89 bits per heavy atom. The molecular formula is C14H17ClN2S. The Morgan fingerprint density at radius 1 is 1.33 bits per heavy atom. The van der Waals surface area contributed by atoms with Crippen LogP contribution in [0.25, 0.3) is 10.2 Å². The molecule has 1 fully saturated rings. The molecule has 4 heteroatoms. The molecule has 2 nitrogen and oxygen atoms in total. The van der Waals surface area contributed by atoms with Crippen LogP contribution in [0, 0.1) is 11.8 Å². The first-order valence-corrected chi connectivity index (χ1v) is 7.65. The average molecular weight is 281 g/mol. The number of nitrogens with one attached hydrogen (secondary N) is 1. The molecule has 0 aliphatic heterocycles. The number of anilines is 1. The van der Waals surface area contributed by atoms with Gasteiger partial charge in [0.25, 0.3) is 0 Å². The number of aromatic nitrogens is 1. The minimum Gasteiger partial charge on any atom is -0.358 e. The molecule has 1 heterocycles. The topological polar surface area (TPSA) is 24.9 Å². The van der Waals surface area contributed by atoms with Gasteiger partial charge in [0.2, 0.25) is 0 Å². The molecule has 1 aromatic carbocycles. The zero-order valence-electron chi connectivity index (χ0n) is 10.6. The van der Waals surface area contributed by atoms with Gasteiger partial charge in [-0.15, -0.1) is 0 Å². The fourth-order valence-electron chi connectivity index (χ4n) is 2.69. The SMILES string of the molecule is CC1CCC(Nc2nc3ccc(Cl)cc3s2)C1C. The third-order valence-corrected chi connectivity index (χ3v) is 5.31. The highest BCUT2D eigenvalue weighted by Gasteiger charge is 2.30. The molecule has 1 aliphatic carbocycles. The molecule has 2 aromatic rings. The summed E-state index contributed by atoms with van der Waals surface area (Å²) in [4.78, 5) is 4.63. The Bertz CT molecular complexity index is 566. The number of fused-ring (bicyclic) bond motifs is 1. The normalized spacial score (nSPS) is 27.8. The van der Waals surface area contributed by atoms with Crippen LogP contribution in [-0.4, -0.2) is 11.0 Å². The van der Waals surface area contributed by atoms with Crippen LogP contribution >= 0.6 is 22.9 Å². The molecule has 1 aromatic heterocycles. The van der Waals surface area contributed by atoms with Crippen molar-refractivity contribution in [2.75, 3.05) is 5.32 Å². The molecule has 0 saturated heterocycles. The number of halogens is 1. The molecule has 1 N–H and O–H groups in total. The second kappa shape index (κ2) is 4.71. The van der Waals surface area contributed by atoms with E-state index in [1.165, 1.54) is 12.8 Å². The smallest absolute Gasteiger partial charge is 0.184 e. The van der Waals surface area contributed by atoms with Crippen molar-refractivity contribution in [2.24, 2.45) is 11.8 Å². The molecule has 1 aliphatic rings. The second-order valence-electron chi connectivity index (χ2n) is 5.30. The van der Waals surface area contributed by atoms with Crippen molar-refractivity contribution in [3.8, 4) is 0 Å². The summed E-state index contributed by atoms with van der Waals surface area (Å²) in [5.41, 5.74) is 1.03.